The van der Waals surface area contributed by atoms with Gasteiger partial charge in [-0.15, -0.1) is 11.3 Å². The summed E-state index contributed by atoms with van der Waals surface area (Å²) in [6.07, 6.45) is 8.42. The summed E-state index contributed by atoms with van der Waals surface area (Å²) in [7, 11) is 0. The van der Waals surface area contributed by atoms with E-state index < -0.39 is 0 Å². The van der Waals surface area contributed by atoms with Gasteiger partial charge in [-0.25, -0.2) is 0 Å². The van der Waals surface area contributed by atoms with Crippen molar-refractivity contribution in [2.75, 3.05) is 18.4 Å². The Hall–Kier alpha value is -2.50. The Labute approximate surface area is 176 Å². The molecule has 1 unspecified atom stereocenters. The number of carbonyl (C=O) groups excluding carboxylic acids is 1. The molecular formula is C24H27N3OS. The first kappa shape index (κ1) is 19.8. The zero-order chi connectivity index (χ0) is 20.1. The third-order valence-corrected chi connectivity index (χ3v) is 6.71. The zero-order valence-electron chi connectivity index (χ0n) is 16.8. The number of likely N-dealkylation sites (tertiary alicyclic amines) is 1. The third-order valence-electron chi connectivity index (χ3n) is 5.50. The fourth-order valence-corrected chi connectivity index (χ4v) is 5.03. The number of amides is 1. The number of benzene rings is 1. The Bertz CT molecular complexity index is 933. The van der Waals surface area contributed by atoms with Crippen molar-refractivity contribution >= 4 is 22.2 Å². The fourth-order valence-electron chi connectivity index (χ4n) is 4.01. The summed E-state index contributed by atoms with van der Waals surface area (Å²) in [6, 6.07) is 16.1. The highest BCUT2D eigenvalue weighted by Gasteiger charge is 2.28. The van der Waals surface area contributed by atoms with Crippen LogP contribution in [-0.4, -0.2) is 28.9 Å². The van der Waals surface area contributed by atoms with Crippen LogP contribution >= 0.6 is 11.3 Å². The van der Waals surface area contributed by atoms with Crippen molar-refractivity contribution in [1.82, 2.24) is 9.88 Å². The standard InChI is InChI=1S/C24H27N3OS/c1-2-20-17-21(24(29-20)26-23(28)19-9-5-3-6-10-19)22(18-11-13-25-14-12-18)27-15-7-4-8-16-27/h3,5-6,9-14,17,22H,2,4,7-8,15-16H2,1H3,(H,26,28). The van der Waals surface area contributed by atoms with Crippen molar-refractivity contribution in [3.05, 3.63) is 82.5 Å². The van der Waals surface area contributed by atoms with E-state index in [4.69, 9.17) is 0 Å². The van der Waals surface area contributed by atoms with Gasteiger partial charge in [0.25, 0.3) is 5.91 Å². The summed E-state index contributed by atoms with van der Waals surface area (Å²) >= 11 is 1.70. The minimum absolute atomic E-state index is 0.0523. The largest absolute Gasteiger partial charge is 0.313 e. The monoisotopic (exact) mass is 405 g/mol. The zero-order valence-corrected chi connectivity index (χ0v) is 17.6. The smallest absolute Gasteiger partial charge is 0.256 e. The fraction of sp³-hybridized carbons (Fsp3) is 0.333. The molecule has 1 amide bonds. The number of nitrogens with zero attached hydrogens (tertiary/aromatic N) is 2. The molecule has 29 heavy (non-hydrogen) atoms. The number of rotatable bonds is 6. The van der Waals surface area contributed by atoms with Gasteiger partial charge in [-0.05, 0) is 68.2 Å². The number of hydrogen-bond donors (Lipinski definition) is 1. The molecule has 0 bridgehead atoms. The van der Waals surface area contributed by atoms with Crippen LogP contribution in [0.4, 0.5) is 5.00 Å². The molecule has 4 nitrogen and oxygen atoms in total. The van der Waals surface area contributed by atoms with Crippen LogP contribution in [0.1, 0.15) is 58.6 Å². The van der Waals surface area contributed by atoms with Gasteiger partial charge < -0.3 is 5.32 Å². The summed E-state index contributed by atoms with van der Waals surface area (Å²) in [5, 5.41) is 4.17. The van der Waals surface area contributed by atoms with Crippen molar-refractivity contribution in [3.8, 4) is 0 Å². The average Bonchev–Trinajstić information content (AvgIpc) is 3.18. The molecule has 5 heteroatoms. The van der Waals surface area contributed by atoms with Crippen molar-refractivity contribution in [1.29, 1.82) is 0 Å². The number of hydrogen-bond acceptors (Lipinski definition) is 4. The lowest BCUT2D eigenvalue weighted by molar-refractivity contribution is 0.102. The second-order valence-electron chi connectivity index (χ2n) is 7.45. The summed E-state index contributed by atoms with van der Waals surface area (Å²) in [6.45, 7) is 4.33. The van der Waals surface area contributed by atoms with Crippen LogP contribution < -0.4 is 5.32 Å². The number of nitrogens with one attached hydrogen (secondary N) is 1. The molecule has 0 aliphatic carbocycles. The normalized spacial score (nSPS) is 15.8. The van der Waals surface area contributed by atoms with E-state index in [9.17, 15) is 4.79 Å². The van der Waals surface area contributed by atoms with Crippen LogP contribution in [0, 0.1) is 0 Å². The topological polar surface area (TPSA) is 45.2 Å². The van der Waals surface area contributed by atoms with Gasteiger partial charge in [-0.1, -0.05) is 31.5 Å². The minimum atomic E-state index is -0.0523. The van der Waals surface area contributed by atoms with E-state index in [1.165, 1.54) is 35.3 Å². The van der Waals surface area contributed by atoms with Crippen LogP contribution in [-0.2, 0) is 6.42 Å². The molecule has 0 radical (unpaired) electrons. The Morgan fingerprint density at radius 2 is 1.83 bits per heavy atom. The molecule has 1 aliphatic heterocycles. The van der Waals surface area contributed by atoms with Crippen molar-refractivity contribution in [2.45, 2.75) is 38.6 Å². The van der Waals surface area contributed by atoms with Crippen LogP contribution in [0.3, 0.4) is 0 Å². The molecule has 0 spiro atoms. The lowest BCUT2D eigenvalue weighted by Gasteiger charge is -2.35. The molecule has 1 saturated heterocycles. The van der Waals surface area contributed by atoms with Gasteiger partial charge in [-0.3, -0.25) is 14.7 Å². The highest BCUT2D eigenvalue weighted by atomic mass is 32.1. The maximum Gasteiger partial charge on any atom is 0.256 e. The summed E-state index contributed by atoms with van der Waals surface area (Å²) in [5.41, 5.74) is 3.12. The maximum atomic E-state index is 12.9. The molecule has 1 aromatic carbocycles. The summed E-state index contributed by atoms with van der Waals surface area (Å²) < 4.78 is 0. The van der Waals surface area contributed by atoms with Crippen molar-refractivity contribution in [3.63, 3.8) is 0 Å². The molecule has 0 saturated carbocycles. The molecule has 150 valence electrons. The molecule has 4 rings (SSSR count). The van der Waals surface area contributed by atoms with E-state index in [0.29, 0.717) is 5.56 Å². The van der Waals surface area contributed by atoms with E-state index in [1.807, 2.05) is 42.7 Å². The molecule has 2 aromatic heterocycles. The number of piperidine rings is 1. The quantitative estimate of drug-likeness (QED) is 0.586. The van der Waals surface area contributed by atoms with E-state index in [2.05, 4.69) is 40.3 Å². The molecule has 1 fully saturated rings. The SMILES string of the molecule is CCc1cc(C(c2ccncc2)N2CCCCC2)c(NC(=O)c2ccccc2)s1. The van der Waals surface area contributed by atoms with E-state index in [0.717, 1.165) is 24.5 Å². The lowest BCUT2D eigenvalue weighted by Crippen LogP contribution is -2.34. The second kappa shape index (κ2) is 9.33. The van der Waals surface area contributed by atoms with Crippen molar-refractivity contribution < 1.29 is 4.79 Å². The number of aryl methyl sites for hydroxylation is 1. The van der Waals surface area contributed by atoms with Gasteiger partial charge in [0, 0.05) is 28.4 Å². The third kappa shape index (κ3) is 4.57. The predicted molar refractivity (Wildman–Crippen MR) is 120 cm³/mol. The molecule has 1 atom stereocenters. The van der Waals surface area contributed by atoms with Gasteiger partial charge in [0.2, 0.25) is 0 Å². The first-order chi connectivity index (χ1) is 14.3. The molecule has 1 N–H and O–H groups in total. The Kier molecular flexibility index (Phi) is 6.37. The van der Waals surface area contributed by atoms with Gasteiger partial charge in [0.05, 0.1) is 6.04 Å². The number of carbonyl (C=O) groups is 1. The Morgan fingerprint density at radius 1 is 1.10 bits per heavy atom. The van der Waals surface area contributed by atoms with E-state index >= 15 is 0 Å². The van der Waals surface area contributed by atoms with Gasteiger partial charge in [0.15, 0.2) is 0 Å². The van der Waals surface area contributed by atoms with Crippen LogP contribution in [0.15, 0.2) is 60.9 Å². The summed E-state index contributed by atoms with van der Waals surface area (Å²) in [5.74, 6) is -0.0523. The number of thiophene rings is 1. The number of pyridine rings is 1. The van der Waals surface area contributed by atoms with Gasteiger partial charge in [-0.2, -0.15) is 0 Å². The van der Waals surface area contributed by atoms with Crippen LogP contribution in [0.5, 0.6) is 0 Å². The van der Waals surface area contributed by atoms with E-state index in [1.54, 1.807) is 11.3 Å². The second-order valence-corrected chi connectivity index (χ2v) is 8.59. The highest BCUT2D eigenvalue weighted by molar-refractivity contribution is 7.16. The Balaban J connectivity index is 1.72. The highest BCUT2D eigenvalue weighted by Crippen LogP contribution is 2.40. The molecular weight excluding hydrogens is 378 g/mol. The van der Waals surface area contributed by atoms with E-state index in [-0.39, 0.29) is 11.9 Å². The first-order valence-corrected chi connectivity index (χ1v) is 11.2. The van der Waals surface area contributed by atoms with Gasteiger partial charge in [0.1, 0.15) is 5.00 Å². The maximum absolute atomic E-state index is 12.9. The number of anilines is 1. The Morgan fingerprint density at radius 3 is 2.52 bits per heavy atom. The van der Waals surface area contributed by atoms with Gasteiger partial charge >= 0.3 is 0 Å². The molecule has 3 aromatic rings. The minimum Gasteiger partial charge on any atom is -0.313 e. The molecule has 1 aliphatic rings. The lowest BCUT2D eigenvalue weighted by atomic mass is 9.96. The number of aromatic nitrogens is 1. The first-order valence-electron chi connectivity index (χ1n) is 10.4. The van der Waals surface area contributed by atoms with Crippen molar-refractivity contribution in [2.24, 2.45) is 0 Å². The van der Waals surface area contributed by atoms with Crippen LogP contribution in [0.25, 0.3) is 0 Å². The average molecular weight is 406 g/mol. The van der Waals surface area contributed by atoms with Crippen LogP contribution in [0.2, 0.25) is 0 Å². The molecule has 3 heterocycles. The summed E-state index contributed by atoms with van der Waals surface area (Å²) in [4.78, 5) is 20.9. The predicted octanol–water partition coefficient (Wildman–Crippen LogP) is 5.53.